The molecule has 0 aromatic rings. The second kappa shape index (κ2) is 8.95. The van der Waals surface area contributed by atoms with E-state index in [0.717, 1.165) is 6.42 Å². The summed E-state index contributed by atoms with van der Waals surface area (Å²) in [5.74, 6) is 0. The maximum atomic E-state index is 3.52. The second-order valence-electron chi connectivity index (χ2n) is 4.39. The average molecular weight is 339 g/mol. The molecule has 0 bridgehead atoms. The van der Waals surface area contributed by atoms with Gasteiger partial charge in [0, 0.05) is 26.2 Å². The Morgan fingerprint density at radius 2 is 1.81 bits per heavy atom. The smallest absolute Gasteiger partial charge is 0 e. The summed E-state index contributed by atoms with van der Waals surface area (Å²) in [7, 11) is 0. The molecular formula is C13H21Cl2Zr-. The van der Waals surface area contributed by atoms with E-state index in [1.165, 1.54) is 44.1 Å². The number of hydrogen-bond acceptors (Lipinski definition) is 0. The van der Waals surface area contributed by atoms with E-state index in [1.807, 2.05) is 0 Å². The Bertz CT molecular complexity index is 240. The number of halogens is 2. The van der Waals surface area contributed by atoms with Gasteiger partial charge < -0.3 is 0 Å². The number of allylic oxidation sites excluding steroid dienone is 4. The Labute approximate surface area is 131 Å². The first-order chi connectivity index (χ1) is 6.37. The van der Waals surface area contributed by atoms with Gasteiger partial charge in [0.25, 0.3) is 0 Å². The summed E-state index contributed by atoms with van der Waals surface area (Å²) in [5.41, 5.74) is 2.04. The first kappa shape index (κ1) is 19.3. The van der Waals surface area contributed by atoms with Crippen molar-refractivity contribution in [3.05, 3.63) is 23.8 Å². The zero-order chi connectivity index (χ0) is 9.15. The van der Waals surface area contributed by atoms with Crippen LogP contribution in [0.15, 0.2) is 17.7 Å². The molecule has 0 spiro atoms. The van der Waals surface area contributed by atoms with Crippen molar-refractivity contribution >= 4 is 24.8 Å². The zero-order valence-electron chi connectivity index (χ0n) is 9.92. The molecule has 2 aliphatic carbocycles. The SMILES string of the molecule is CCC1(C2=[C-]CC=C2)CCCCC1.Cl.Cl.[Zr]. The van der Waals surface area contributed by atoms with Crippen molar-refractivity contribution in [3.63, 3.8) is 0 Å². The molecule has 0 aromatic heterocycles. The van der Waals surface area contributed by atoms with Crippen molar-refractivity contribution in [1.29, 1.82) is 0 Å². The van der Waals surface area contributed by atoms with Crippen molar-refractivity contribution in [3.8, 4) is 0 Å². The van der Waals surface area contributed by atoms with Crippen LogP contribution in [0.1, 0.15) is 51.9 Å². The molecule has 0 aliphatic heterocycles. The van der Waals surface area contributed by atoms with Gasteiger partial charge in [0.2, 0.25) is 0 Å². The van der Waals surface area contributed by atoms with Crippen LogP contribution in [-0.2, 0) is 26.2 Å². The minimum Gasteiger partial charge on any atom is -0.269 e. The number of hydrogen-bond donors (Lipinski definition) is 0. The molecule has 16 heavy (non-hydrogen) atoms. The Morgan fingerprint density at radius 1 is 1.19 bits per heavy atom. The zero-order valence-corrected chi connectivity index (χ0v) is 14.0. The van der Waals surface area contributed by atoms with Crippen molar-refractivity contribution in [2.24, 2.45) is 5.41 Å². The van der Waals surface area contributed by atoms with Gasteiger partial charge in [-0.3, -0.25) is 6.08 Å². The fourth-order valence-corrected chi connectivity index (χ4v) is 2.81. The molecule has 92 valence electrons. The first-order valence-electron chi connectivity index (χ1n) is 5.65. The van der Waals surface area contributed by atoms with E-state index in [2.05, 4.69) is 25.2 Å². The minimum absolute atomic E-state index is 0. The predicted molar refractivity (Wildman–Crippen MR) is 70.8 cm³/mol. The van der Waals surface area contributed by atoms with Gasteiger partial charge in [0.1, 0.15) is 0 Å². The summed E-state index contributed by atoms with van der Waals surface area (Å²) in [6.45, 7) is 2.34. The normalized spacial score (nSPS) is 21.2. The van der Waals surface area contributed by atoms with Crippen LogP contribution in [0.25, 0.3) is 0 Å². The molecule has 1 saturated carbocycles. The molecule has 0 aromatic carbocycles. The van der Waals surface area contributed by atoms with E-state index in [1.54, 1.807) is 0 Å². The van der Waals surface area contributed by atoms with Gasteiger partial charge in [0.15, 0.2) is 0 Å². The Morgan fingerprint density at radius 3 is 2.25 bits per heavy atom. The summed E-state index contributed by atoms with van der Waals surface area (Å²) >= 11 is 0. The molecule has 2 rings (SSSR count). The molecule has 1 fully saturated rings. The van der Waals surface area contributed by atoms with Gasteiger partial charge >= 0.3 is 0 Å². The molecule has 0 heterocycles. The molecule has 3 heteroatoms. The third-order valence-electron chi connectivity index (χ3n) is 3.75. The minimum atomic E-state index is 0. The average Bonchev–Trinajstić information content (AvgIpc) is 2.72. The second-order valence-corrected chi connectivity index (χ2v) is 4.39. The molecule has 0 unspecified atom stereocenters. The van der Waals surface area contributed by atoms with Crippen LogP contribution in [0.2, 0.25) is 0 Å². The summed E-state index contributed by atoms with van der Waals surface area (Å²) in [4.78, 5) is 0. The molecule has 0 saturated heterocycles. The monoisotopic (exact) mass is 337 g/mol. The molecule has 0 radical (unpaired) electrons. The van der Waals surface area contributed by atoms with Crippen molar-refractivity contribution < 1.29 is 26.2 Å². The molecule has 0 amide bonds. The van der Waals surface area contributed by atoms with E-state index >= 15 is 0 Å². The van der Waals surface area contributed by atoms with Crippen molar-refractivity contribution in [1.82, 2.24) is 0 Å². The first-order valence-corrected chi connectivity index (χ1v) is 5.65. The van der Waals surface area contributed by atoms with Crippen molar-refractivity contribution in [2.45, 2.75) is 51.9 Å². The summed E-state index contributed by atoms with van der Waals surface area (Å²) < 4.78 is 0. The Hall–Kier alpha value is 0.943. The summed E-state index contributed by atoms with van der Waals surface area (Å²) in [6.07, 6.45) is 17.5. The van der Waals surface area contributed by atoms with Crippen LogP contribution in [0.3, 0.4) is 0 Å². The van der Waals surface area contributed by atoms with E-state index in [-0.39, 0.29) is 51.0 Å². The van der Waals surface area contributed by atoms with Crippen LogP contribution in [-0.4, -0.2) is 0 Å². The van der Waals surface area contributed by atoms with Gasteiger partial charge in [-0.15, -0.1) is 31.2 Å². The molecule has 0 atom stereocenters. The topological polar surface area (TPSA) is 0 Å². The maximum Gasteiger partial charge on any atom is 0 e. The summed E-state index contributed by atoms with van der Waals surface area (Å²) in [6, 6.07) is 0. The van der Waals surface area contributed by atoms with Crippen LogP contribution < -0.4 is 0 Å². The fraction of sp³-hybridized carbons (Fsp3) is 0.692. The van der Waals surface area contributed by atoms with Crippen LogP contribution >= 0.6 is 24.8 Å². The van der Waals surface area contributed by atoms with Crippen molar-refractivity contribution in [2.75, 3.05) is 0 Å². The van der Waals surface area contributed by atoms with E-state index in [0.29, 0.717) is 5.41 Å². The fourth-order valence-electron chi connectivity index (χ4n) is 2.81. The summed E-state index contributed by atoms with van der Waals surface area (Å²) in [5, 5.41) is 0. The Balaban J connectivity index is 0. The van der Waals surface area contributed by atoms with E-state index in [4.69, 9.17) is 0 Å². The largest absolute Gasteiger partial charge is 0.269 e. The van der Waals surface area contributed by atoms with Gasteiger partial charge in [-0.2, -0.15) is 6.08 Å². The quantitative estimate of drug-likeness (QED) is 0.629. The van der Waals surface area contributed by atoms with Gasteiger partial charge in [-0.1, -0.05) is 26.2 Å². The number of rotatable bonds is 2. The van der Waals surface area contributed by atoms with Gasteiger partial charge in [-0.05, 0) is 24.7 Å². The maximum absolute atomic E-state index is 3.52. The predicted octanol–water partition coefficient (Wildman–Crippen LogP) is 4.88. The third-order valence-corrected chi connectivity index (χ3v) is 3.75. The molecule has 2 aliphatic rings. The van der Waals surface area contributed by atoms with Crippen LogP contribution in [0.5, 0.6) is 0 Å². The van der Waals surface area contributed by atoms with E-state index < -0.39 is 0 Å². The molecule has 0 nitrogen and oxygen atoms in total. The Kier molecular flexibility index (Phi) is 10.8. The van der Waals surface area contributed by atoms with Crippen LogP contribution in [0.4, 0.5) is 0 Å². The van der Waals surface area contributed by atoms with E-state index in [9.17, 15) is 0 Å². The molecular weight excluding hydrogens is 318 g/mol. The standard InChI is InChI=1S/C13H19.2ClH.Zr/c1-2-13(10-6-3-7-11-13)12-8-4-5-9-12;;;/h4,8H,2-3,5-7,10-11H2,1H3;2*1H;/q-1;;;. The van der Waals surface area contributed by atoms with Gasteiger partial charge in [0.05, 0.1) is 0 Å². The van der Waals surface area contributed by atoms with Gasteiger partial charge in [-0.25, -0.2) is 11.6 Å². The third kappa shape index (κ3) is 4.00. The van der Waals surface area contributed by atoms with Crippen LogP contribution in [0, 0.1) is 11.5 Å². The molecule has 0 N–H and O–H groups in total.